The Morgan fingerprint density at radius 2 is 1.29 bits per heavy atom. The Labute approximate surface area is 216 Å². The van der Waals surface area contributed by atoms with Crippen LogP contribution in [0.5, 0.6) is 11.5 Å². The fourth-order valence-electron chi connectivity index (χ4n) is 3.41. The third kappa shape index (κ3) is 5.99. The molecule has 0 aliphatic rings. The van der Waals surface area contributed by atoms with Crippen LogP contribution in [0.15, 0.2) is 79.1 Å². The van der Waals surface area contributed by atoms with Crippen molar-refractivity contribution < 1.29 is 28.7 Å². The van der Waals surface area contributed by atoms with Crippen LogP contribution in [0.2, 0.25) is 0 Å². The van der Waals surface area contributed by atoms with E-state index in [2.05, 4.69) is 20.6 Å². The van der Waals surface area contributed by atoms with Gasteiger partial charge in [0.2, 0.25) is 11.6 Å². The van der Waals surface area contributed by atoms with Crippen LogP contribution in [0.25, 0.3) is 0 Å². The molecule has 4 aromatic rings. The summed E-state index contributed by atoms with van der Waals surface area (Å²) in [7, 11) is 2.38. The van der Waals surface area contributed by atoms with E-state index < -0.39 is 22.5 Å². The number of carbonyl (C=O) groups is 2. The highest BCUT2D eigenvalue weighted by molar-refractivity contribution is 5.97. The molecule has 0 amide bonds. The van der Waals surface area contributed by atoms with Gasteiger partial charge in [-0.25, -0.2) is 19.6 Å². The Balaban J connectivity index is 1.62. The van der Waals surface area contributed by atoms with Crippen molar-refractivity contribution in [3.05, 3.63) is 100 Å². The fourth-order valence-corrected chi connectivity index (χ4v) is 3.41. The highest BCUT2D eigenvalue weighted by Gasteiger charge is 2.24. The number of carbonyl (C=O) groups excluding carboxylic acids is 2. The maximum Gasteiger partial charge on any atom is 0.353 e. The molecule has 12 heteroatoms. The van der Waals surface area contributed by atoms with E-state index in [1.165, 1.54) is 32.4 Å². The van der Waals surface area contributed by atoms with Gasteiger partial charge in [0.1, 0.15) is 17.8 Å². The van der Waals surface area contributed by atoms with E-state index in [4.69, 9.17) is 14.2 Å². The number of nitrogens with one attached hydrogen (secondary N) is 2. The number of rotatable bonds is 9. The maximum absolute atomic E-state index is 12.1. The minimum absolute atomic E-state index is 0.0331. The molecule has 0 aliphatic heterocycles. The molecule has 0 bridgehead atoms. The Hall–Kier alpha value is -5.52. The molecule has 4 rings (SSSR count). The number of benzene rings is 3. The van der Waals surface area contributed by atoms with Crippen LogP contribution in [-0.2, 0) is 9.47 Å². The molecule has 1 heterocycles. The quantitative estimate of drug-likeness (QED) is 0.171. The van der Waals surface area contributed by atoms with Crippen molar-refractivity contribution in [2.75, 3.05) is 24.9 Å². The van der Waals surface area contributed by atoms with Crippen LogP contribution < -0.4 is 15.4 Å². The summed E-state index contributed by atoms with van der Waals surface area (Å²) in [5.41, 5.74) is 0.291. The van der Waals surface area contributed by atoms with Crippen molar-refractivity contribution >= 4 is 40.6 Å². The van der Waals surface area contributed by atoms with Crippen LogP contribution in [0.4, 0.5) is 28.7 Å². The summed E-state index contributed by atoms with van der Waals surface area (Å²) in [6, 6.07) is 20.0. The number of nitrogens with zero attached hydrogens (tertiary/aromatic N) is 3. The summed E-state index contributed by atoms with van der Waals surface area (Å²) >= 11 is 0. The fraction of sp³-hybridized carbons (Fsp3) is 0.0769. The molecule has 192 valence electrons. The number of anilines is 4. The number of para-hydroxylation sites is 1. The summed E-state index contributed by atoms with van der Waals surface area (Å²) < 4.78 is 15.2. The average Bonchev–Trinajstić information content (AvgIpc) is 2.93. The molecule has 0 saturated carbocycles. The molecule has 0 radical (unpaired) electrons. The number of nitro groups is 1. The maximum atomic E-state index is 12.1. The molecule has 0 fully saturated rings. The molecule has 3 aromatic carbocycles. The first-order valence-electron chi connectivity index (χ1n) is 11.1. The van der Waals surface area contributed by atoms with Gasteiger partial charge in [0.15, 0.2) is 0 Å². The van der Waals surface area contributed by atoms with Gasteiger partial charge in [-0.05, 0) is 54.6 Å². The molecule has 0 saturated heterocycles. The van der Waals surface area contributed by atoms with Crippen LogP contribution in [-0.4, -0.2) is 41.0 Å². The van der Waals surface area contributed by atoms with Crippen LogP contribution in [0.3, 0.4) is 0 Å². The van der Waals surface area contributed by atoms with Crippen molar-refractivity contribution in [1.29, 1.82) is 0 Å². The number of ether oxygens (including phenoxy) is 3. The van der Waals surface area contributed by atoms with Crippen LogP contribution in [0.1, 0.15) is 20.7 Å². The number of esters is 2. The number of aromatic nitrogens is 2. The summed E-state index contributed by atoms with van der Waals surface area (Å²) in [5, 5.41) is 17.7. The molecular formula is C26H21N5O7. The van der Waals surface area contributed by atoms with Crippen LogP contribution in [0, 0.1) is 10.1 Å². The van der Waals surface area contributed by atoms with Gasteiger partial charge >= 0.3 is 17.6 Å². The van der Waals surface area contributed by atoms with Gasteiger partial charge in [-0.2, -0.15) is 0 Å². The highest BCUT2D eigenvalue weighted by atomic mass is 16.6. The SMILES string of the molecule is COC(=O)c1cc(Nc2ncnc(Nc3ccc(Oc4ccccc4)cc3)c2[N+](=O)[O-])cc(C(=O)OC)c1. The minimum Gasteiger partial charge on any atom is -0.465 e. The standard InChI is InChI=1S/C26H21N5O7/c1-36-25(32)16-12-17(26(33)37-2)14-19(13-16)30-24-22(31(34)35)23(27-15-28-24)29-18-8-10-21(11-9-18)38-20-6-4-3-5-7-20/h3-15H,1-2H3,(H2,27,28,29,30). The predicted octanol–water partition coefficient (Wildman–Crippen LogP) is 5.24. The van der Waals surface area contributed by atoms with Gasteiger partial charge in [-0.15, -0.1) is 0 Å². The number of methoxy groups -OCH3 is 2. The second-order valence-electron chi connectivity index (χ2n) is 7.65. The molecule has 0 unspecified atom stereocenters. The van der Waals surface area contributed by atoms with E-state index in [1.54, 1.807) is 24.3 Å². The minimum atomic E-state index is -0.710. The lowest BCUT2D eigenvalue weighted by Crippen LogP contribution is -2.09. The van der Waals surface area contributed by atoms with Crippen molar-refractivity contribution in [3.8, 4) is 11.5 Å². The normalized spacial score (nSPS) is 10.3. The molecule has 1 aromatic heterocycles. The third-order valence-corrected chi connectivity index (χ3v) is 5.14. The second-order valence-corrected chi connectivity index (χ2v) is 7.65. The zero-order chi connectivity index (χ0) is 27.1. The van der Waals surface area contributed by atoms with Gasteiger partial charge in [0, 0.05) is 11.4 Å². The number of hydrogen-bond donors (Lipinski definition) is 2. The molecule has 2 N–H and O–H groups in total. The first kappa shape index (κ1) is 25.6. The zero-order valence-corrected chi connectivity index (χ0v) is 20.2. The Morgan fingerprint density at radius 1 is 0.763 bits per heavy atom. The van der Waals surface area contributed by atoms with Crippen LogP contribution >= 0.6 is 0 Å². The van der Waals surface area contributed by atoms with Gasteiger partial charge < -0.3 is 24.8 Å². The van der Waals surface area contributed by atoms with E-state index in [0.717, 1.165) is 6.33 Å². The van der Waals surface area contributed by atoms with Gasteiger partial charge in [0.05, 0.1) is 30.3 Å². The van der Waals surface area contributed by atoms with Crippen molar-refractivity contribution in [1.82, 2.24) is 9.97 Å². The number of hydrogen-bond acceptors (Lipinski definition) is 11. The van der Waals surface area contributed by atoms with Crippen molar-refractivity contribution in [2.24, 2.45) is 0 Å². The summed E-state index contributed by atoms with van der Waals surface area (Å²) in [6.45, 7) is 0. The Morgan fingerprint density at radius 3 is 1.82 bits per heavy atom. The zero-order valence-electron chi connectivity index (χ0n) is 20.2. The molecular weight excluding hydrogens is 494 g/mol. The van der Waals surface area contributed by atoms with Gasteiger partial charge in [0.25, 0.3) is 0 Å². The lowest BCUT2D eigenvalue weighted by atomic mass is 10.1. The van der Waals surface area contributed by atoms with E-state index >= 15 is 0 Å². The van der Waals surface area contributed by atoms with Crippen molar-refractivity contribution in [3.63, 3.8) is 0 Å². The predicted molar refractivity (Wildman–Crippen MR) is 137 cm³/mol. The Kier molecular flexibility index (Phi) is 7.72. The van der Waals surface area contributed by atoms with E-state index in [0.29, 0.717) is 17.2 Å². The van der Waals surface area contributed by atoms with Gasteiger partial charge in [-0.1, -0.05) is 18.2 Å². The van der Waals surface area contributed by atoms with Crippen molar-refractivity contribution in [2.45, 2.75) is 0 Å². The van der Waals surface area contributed by atoms with Gasteiger partial charge in [-0.3, -0.25) is 10.1 Å². The summed E-state index contributed by atoms with van der Waals surface area (Å²) in [6.07, 6.45) is 1.13. The average molecular weight is 515 g/mol. The lowest BCUT2D eigenvalue weighted by Gasteiger charge is -2.12. The van der Waals surface area contributed by atoms with E-state index in [9.17, 15) is 19.7 Å². The first-order chi connectivity index (χ1) is 18.4. The highest BCUT2D eigenvalue weighted by Crippen LogP contribution is 2.34. The molecule has 38 heavy (non-hydrogen) atoms. The summed E-state index contributed by atoms with van der Waals surface area (Å²) in [5.74, 6) is -0.429. The third-order valence-electron chi connectivity index (χ3n) is 5.14. The lowest BCUT2D eigenvalue weighted by molar-refractivity contribution is -0.383. The smallest absolute Gasteiger partial charge is 0.353 e. The molecule has 0 atom stereocenters. The largest absolute Gasteiger partial charge is 0.465 e. The topological polar surface area (TPSA) is 155 Å². The van der Waals surface area contributed by atoms with E-state index in [-0.39, 0.29) is 28.5 Å². The molecule has 0 spiro atoms. The summed E-state index contributed by atoms with van der Waals surface area (Å²) in [4.78, 5) is 43.5. The second kappa shape index (κ2) is 11.5. The first-order valence-corrected chi connectivity index (χ1v) is 11.1. The molecule has 0 aliphatic carbocycles. The Bertz CT molecular complexity index is 1440. The van der Waals surface area contributed by atoms with E-state index in [1.807, 2.05) is 30.3 Å². The molecule has 12 nitrogen and oxygen atoms in total. The monoisotopic (exact) mass is 515 g/mol.